The normalized spacial score (nSPS) is 20.5. The van der Waals surface area contributed by atoms with E-state index in [2.05, 4.69) is 13.2 Å². The van der Waals surface area contributed by atoms with E-state index in [1.54, 1.807) is 12.2 Å². The van der Waals surface area contributed by atoms with Crippen molar-refractivity contribution in [2.24, 2.45) is 0 Å². The van der Waals surface area contributed by atoms with Gasteiger partial charge in [0.15, 0.2) is 11.5 Å². The van der Waals surface area contributed by atoms with Gasteiger partial charge < -0.3 is 9.47 Å². The van der Waals surface area contributed by atoms with Crippen molar-refractivity contribution in [3.63, 3.8) is 0 Å². The Morgan fingerprint density at radius 1 is 1.09 bits per heavy atom. The third-order valence-corrected chi connectivity index (χ3v) is 1.33. The summed E-state index contributed by atoms with van der Waals surface area (Å²) in [6.45, 7) is 10.9. The summed E-state index contributed by atoms with van der Waals surface area (Å²) >= 11 is 0. The van der Waals surface area contributed by atoms with Gasteiger partial charge in [-0.3, -0.25) is 0 Å². The van der Waals surface area contributed by atoms with Gasteiger partial charge in [0.2, 0.25) is 5.79 Å². The molecule has 0 aromatic carbocycles. The average molecular weight is 152 g/mol. The summed E-state index contributed by atoms with van der Waals surface area (Å²) in [6, 6.07) is 0. The highest BCUT2D eigenvalue weighted by molar-refractivity contribution is 5.25. The van der Waals surface area contributed by atoms with Gasteiger partial charge in [0.05, 0.1) is 0 Å². The lowest BCUT2D eigenvalue weighted by molar-refractivity contribution is -0.118. The molecule has 0 aromatic heterocycles. The molecule has 0 atom stereocenters. The van der Waals surface area contributed by atoms with Gasteiger partial charge in [-0.2, -0.15) is 0 Å². The van der Waals surface area contributed by atoms with Crippen LogP contribution in [-0.2, 0) is 9.47 Å². The van der Waals surface area contributed by atoms with Crippen LogP contribution in [0, 0.1) is 0 Å². The van der Waals surface area contributed by atoms with Gasteiger partial charge in [0, 0.05) is 13.8 Å². The number of rotatable bonds is 2. The van der Waals surface area contributed by atoms with Gasteiger partial charge in [-0.1, -0.05) is 13.2 Å². The zero-order chi connectivity index (χ0) is 8.48. The van der Waals surface area contributed by atoms with Crippen molar-refractivity contribution >= 4 is 0 Å². The lowest BCUT2D eigenvalue weighted by Gasteiger charge is -2.17. The second-order valence-corrected chi connectivity index (χ2v) is 2.74. The van der Waals surface area contributed by atoms with E-state index in [0.717, 1.165) is 0 Å². The monoisotopic (exact) mass is 152 g/mol. The first-order valence-corrected chi connectivity index (χ1v) is 3.46. The molecule has 0 aromatic rings. The van der Waals surface area contributed by atoms with E-state index in [0.29, 0.717) is 11.5 Å². The molecule has 1 heterocycles. The molecule has 0 unspecified atom stereocenters. The SMILES string of the molecule is C=CC1=C(C=C)OC(C)(C)O1. The predicted molar refractivity (Wildman–Crippen MR) is 43.7 cm³/mol. The Morgan fingerprint density at radius 3 is 1.73 bits per heavy atom. The fourth-order valence-electron chi connectivity index (χ4n) is 0.936. The van der Waals surface area contributed by atoms with Crippen LogP contribution in [0.15, 0.2) is 36.8 Å². The van der Waals surface area contributed by atoms with E-state index in [1.165, 1.54) is 0 Å². The Hall–Kier alpha value is -1.18. The summed E-state index contributed by atoms with van der Waals surface area (Å²) in [6.07, 6.45) is 3.23. The van der Waals surface area contributed by atoms with Crippen LogP contribution in [0.2, 0.25) is 0 Å². The fourth-order valence-corrected chi connectivity index (χ4v) is 0.936. The summed E-state index contributed by atoms with van der Waals surface area (Å²) in [5, 5.41) is 0. The topological polar surface area (TPSA) is 18.5 Å². The maximum Gasteiger partial charge on any atom is 0.246 e. The zero-order valence-corrected chi connectivity index (χ0v) is 6.89. The predicted octanol–water partition coefficient (Wildman–Crippen LogP) is 2.35. The molecule has 0 aliphatic carbocycles. The summed E-state index contributed by atoms with van der Waals surface area (Å²) in [4.78, 5) is 0. The van der Waals surface area contributed by atoms with Gasteiger partial charge in [-0.05, 0) is 12.2 Å². The first-order chi connectivity index (χ1) is 5.09. The molecule has 1 aliphatic heterocycles. The molecule has 0 radical (unpaired) electrons. The number of ether oxygens (including phenoxy) is 2. The minimum atomic E-state index is -0.576. The molecule has 1 aliphatic rings. The second-order valence-electron chi connectivity index (χ2n) is 2.74. The van der Waals surface area contributed by atoms with Gasteiger partial charge in [-0.15, -0.1) is 0 Å². The van der Waals surface area contributed by atoms with Crippen molar-refractivity contribution in [2.75, 3.05) is 0 Å². The highest BCUT2D eigenvalue weighted by atomic mass is 16.7. The Balaban J connectivity index is 2.87. The Kier molecular flexibility index (Phi) is 1.77. The van der Waals surface area contributed by atoms with Crippen LogP contribution in [0.5, 0.6) is 0 Å². The van der Waals surface area contributed by atoms with Crippen molar-refractivity contribution in [3.8, 4) is 0 Å². The summed E-state index contributed by atoms with van der Waals surface area (Å²) in [7, 11) is 0. The molecule has 1 rings (SSSR count). The minimum absolute atomic E-state index is 0.576. The molecular formula is C9H12O2. The van der Waals surface area contributed by atoms with Crippen LogP contribution in [0.1, 0.15) is 13.8 Å². The van der Waals surface area contributed by atoms with E-state index in [9.17, 15) is 0 Å². The number of allylic oxidation sites excluding steroid dienone is 2. The van der Waals surface area contributed by atoms with Crippen molar-refractivity contribution in [1.82, 2.24) is 0 Å². The van der Waals surface area contributed by atoms with E-state index in [1.807, 2.05) is 13.8 Å². The average Bonchev–Trinajstić information content (AvgIpc) is 2.25. The van der Waals surface area contributed by atoms with Crippen LogP contribution >= 0.6 is 0 Å². The summed E-state index contributed by atoms with van der Waals surface area (Å²) in [5.74, 6) is 0.738. The van der Waals surface area contributed by atoms with Crippen LogP contribution in [-0.4, -0.2) is 5.79 Å². The van der Waals surface area contributed by atoms with E-state index < -0.39 is 5.79 Å². The maximum absolute atomic E-state index is 5.37. The lowest BCUT2D eigenvalue weighted by atomic mass is 10.4. The third kappa shape index (κ3) is 1.45. The maximum atomic E-state index is 5.37. The van der Waals surface area contributed by atoms with Gasteiger partial charge in [-0.25, -0.2) is 0 Å². The van der Waals surface area contributed by atoms with E-state index in [4.69, 9.17) is 9.47 Å². The molecule has 0 saturated heterocycles. The molecule has 0 fully saturated rings. The molecule has 0 bridgehead atoms. The standard InChI is InChI=1S/C9H12O2/c1-5-7-8(6-2)11-9(3,4)10-7/h5-6H,1-2H2,3-4H3. The van der Waals surface area contributed by atoms with E-state index >= 15 is 0 Å². The van der Waals surface area contributed by atoms with Gasteiger partial charge in [0.1, 0.15) is 0 Å². The molecule has 60 valence electrons. The Morgan fingerprint density at radius 2 is 1.45 bits per heavy atom. The molecule has 0 saturated carbocycles. The second kappa shape index (κ2) is 2.46. The third-order valence-electron chi connectivity index (χ3n) is 1.33. The number of hydrogen-bond acceptors (Lipinski definition) is 2. The first kappa shape index (κ1) is 7.92. The molecular weight excluding hydrogens is 140 g/mol. The largest absolute Gasteiger partial charge is 0.449 e. The molecule has 11 heavy (non-hydrogen) atoms. The fraction of sp³-hybridized carbons (Fsp3) is 0.333. The Labute approximate surface area is 66.8 Å². The highest BCUT2D eigenvalue weighted by Gasteiger charge is 2.30. The van der Waals surface area contributed by atoms with Crippen molar-refractivity contribution < 1.29 is 9.47 Å². The number of hydrogen-bond donors (Lipinski definition) is 0. The summed E-state index contributed by atoms with van der Waals surface area (Å²) < 4.78 is 10.7. The lowest BCUT2D eigenvalue weighted by Crippen LogP contribution is -2.20. The summed E-state index contributed by atoms with van der Waals surface area (Å²) in [5.41, 5.74) is 0. The van der Waals surface area contributed by atoms with Crippen molar-refractivity contribution in [3.05, 3.63) is 36.8 Å². The van der Waals surface area contributed by atoms with Gasteiger partial charge in [0.25, 0.3) is 0 Å². The van der Waals surface area contributed by atoms with Gasteiger partial charge >= 0.3 is 0 Å². The molecule has 0 spiro atoms. The smallest absolute Gasteiger partial charge is 0.246 e. The minimum Gasteiger partial charge on any atom is -0.449 e. The highest BCUT2D eigenvalue weighted by Crippen LogP contribution is 2.30. The Bertz CT molecular complexity index is 202. The van der Waals surface area contributed by atoms with Crippen LogP contribution in [0.3, 0.4) is 0 Å². The zero-order valence-electron chi connectivity index (χ0n) is 6.89. The van der Waals surface area contributed by atoms with Crippen LogP contribution in [0.4, 0.5) is 0 Å². The van der Waals surface area contributed by atoms with Crippen molar-refractivity contribution in [2.45, 2.75) is 19.6 Å². The molecule has 2 heteroatoms. The first-order valence-electron chi connectivity index (χ1n) is 3.46. The molecule has 0 N–H and O–H groups in total. The van der Waals surface area contributed by atoms with Crippen LogP contribution < -0.4 is 0 Å². The van der Waals surface area contributed by atoms with Crippen LogP contribution in [0.25, 0.3) is 0 Å². The quantitative estimate of drug-likeness (QED) is 0.604. The molecule has 0 amide bonds. The van der Waals surface area contributed by atoms with Crippen molar-refractivity contribution in [1.29, 1.82) is 0 Å². The molecule has 2 nitrogen and oxygen atoms in total. The van der Waals surface area contributed by atoms with E-state index in [-0.39, 0.29) is 0 Å².